The maximum Gasteiger partial charge on any atom is 0.136 e. The second-order valence-corrected chi connectivity index (χ2v) is 16.7. The van der Waals surface area contributed by atoms with Crippen molar-refractivity contribution in [3.63, 3.8) is 0 Å². The van der Waals surface area contributed by atoms with Crippen LogP contribution < -0.4 is 4.90 Å². The van der Waals surface area contributed by atoms with E-state index in [9.17, 15) is 0 Å². The standard InChI is InChI=1S/C52H47NO.C7H8.C2H6/c1-9-17-39(10-2)53-47-28-26-37(31-44(47)36(6)30-35(5)40-20-13-14-24-46(40)52(53,7)8)43-23-16-25-49-51(43)45-32-38(27-29-48(45)54-49)42-22-15-19-34(4)50(42)41-21-12-11-18-33(41)3;1-7-5-3-2-4-6-7;1-2/h9-32H,6H2,1-5,7-8H3;2-6H,1H3;1-2H3/b17-9-,35-30+,39-10+;;. The van der Waals surface area contributed by atoms with Crippen LogP contribution in [0.2, 0.25) is 0 Å². The first-order valence-corrected chi connectivity index (χ1v) is 22.4. The van der Waals surface area contributed by atoms with Gasteiger partial charge in [0.15, 0.2) is 0 Å². The van der Waals surface area contributed by atoms with E-state index in [0.29, 0.717) is 0 Å². The Balaban J connectivity index is 0.000000597. The summed E-state index contributed by atoms with van der Waals surface area (Å²) in [5, 5.41) is 2.23. The lowest BCUT2D eigenvalue weighted by Gasteiger charge is -2.43. The third kappa shape index (κ3) is 8.64. The third-order valence-electron chi connectivity index (χ3n) is 12.2. The normalized spacial score (nSPS) is 14.3. The predicted octanol–water partition coefficient (Wildman–Crippen LogP) is 17.9. The van der Waals surface area contributed by atoms with Crippen molar-refractivity contribution in [3.8, 4) is 33.4 Å². The Labute approximate surface area is 376 Å². The second kappa shape index (κ2) is 19.0. The van der Waals surface area contributed by atoms with E-state index in [-0.39, 0.29) is 5.54 Å². The van der Waals surface area contributed by atoms with Gasteiger partial charge in [-0.15, -0.1) is 0 Å². The first kappa shape index (κ1) is 44.2. The van der Waals surface area contributed by atoms with Crippen molar-refractivity contribution in [2.75, 3.05) is 4.90 Å². The van der Waals surface area contributed by atoms with Crippen LogP contribution in [0.1, 0.15) is 81.8 Å². The van der Waals surface area contributed by atoms with Crippen LogP contribution in [0.25, 0.3) is 66.5 Å². The van der Waals surface area contributed by atoms with Crippen molar-refractivity contribution in [2.45, 2.75) is 74.8 Å². The summed E-state index contributed by atoms with van der Waals surface area (Å²) in [6.45, 7) is 26.3. The molecule has 0 saturated heterocycles. The Hall–Kier alpha value is -6.90. The summed E-state index contributed by atoms with van der Waals surface area (Å²) < 4.78 is 6.57. The maximum absolute atomic E-state index is 6.57. The van der Waals surface area contributed by atoms with Gasteiger partial charge in [-0.2, -0.15) is 0 Å². The molecule has 1 aliphatic heterocycles. The molecule has 0 saturated carbocycles. The van der Waals surface area contributed by atoms with Crippen molar-refractivity contribution >= 4 is 38.8 Å². The van der Waals surface area contributed by atoms with Crippen LogP contribution in [0, 0.1) is 20.8 Å². The number of furan rings is 1. The lowest BCUT2D eigenvalue weighted by molar-refractivity contribution is 0.520. The Morgan fingerprint density at radius 1 is 0.587 bits per heavy atom. The molecule has 2 heterocycles. The van der Waals surface area contributed by atoms with Crippen LogP contribution in [0.5, 0.6) is 0 Å². The minimum atomic E-state index is -0.377. The molecular formula is C61H61NO. The average molecular weight is 824 g/mol. The van der Waals surface area contributed by atoms with Crippen LogP contribution in [-0.2, 0) is 5.54 Å². The van der Waals surface area contributed by atoms with Gasteiger partial charge in [0.05, 0.1) is 5.54 Å². The number of benzene rings is 7. The highest BCUT2D eigenvalue weighted by molar-refractivity contribution is 6.14. The number of rotatable bonds is 5. The van der Waals surface area contributed by atoms with E-state index in [0.717, 1.165) is 55.6 Å². The number of aryl methyl sites for hydroxylation is 3. The molecule has 0 N–H and O–H groups in total. The van der Waals surface area contributed by atoms with Crippen molar-refractivity contribution in [2.24, 2.45) is 0 Å². The van der Waals surface area contributed by atoms with Gasteiger partial charge in [0.25, 0.3) is 0 Å². The average Bonchev–Trinajstić information content (AvgIpc) is 3.69. The van der Waals surface area contributed by atoms with E-state index < -0.39 is 0 Å². The Kier molecular flexibility index (Phi) is 13.3. The Morgan fingerprint density at radius 3 is 1.90 bits per heavy atom. The van der Waals surface area contributed by atoms with Crippen LogP contribution in [0.15, 0.2) is 193 Å². The lowest BCUT2D eigenvalue weighted by atomic mass is 9.85. The summed E-state index contributed by atoms with van der Waals surface area (Å²) in [7, 11) is 0. The van der Waals surface area contributed by atoms with Gasteiger partial charge in [0.1, 0.15) is 11.2 Å². The van der Waals surface area contributed by atoms with Crippen molar-refractivity contribution in [1.29, 1.82) is 0 Å². The Morgan fingerprint density at radius 2 is 1.21 bits per heavy atom. The van der Waals surface area contributed by atoms with Crippen LogP contribution in [0.4, 0.5) is 5.69 Å². The molecule has 0 spiro atoms. The third-order valence-corrected chi connectivity index (χ3v) is 12.2. The molecule has 0 fully saturated rings. The number of nitrogens with zero attached hydrogens (tertiary/aromatic N) is 1. The summed E-state index contributed by atoms with van der Waals surface area (Å²) >= 11 is 0. The molecule has 0 radical (unpaired) electrons. The molecular weight excluding hydrogens is 763 g/mol. The SMILES string of the molecule is C=C1/C=C(\C)c2ccccc2C(C)(C)N(C(/C=C\C)=C/C)c2ccc(-c3cccc4oc5ccc(-c6cccc(C)c6-c6ccccc6C)cc5c34)cc21.CC.Cc1ccccc1. The zero-order valence-corrected chi connectivity index (χ0v) is 38.8. The van der Waals surface area contributed by atoms with Crippen molar-refractivity contribution < 1.29 is 4.42 Å². The van der Waals surface area contributed by atoms with E-state index in [1.807, 2.05) is 32.0 Å². The second-order valence-electron chi connectivity index (χ2n) is 16.7. The number of hydrogen-bond acceptors (Lipinski definition) is 2. The van der Waals surface area contributed by atoms with Gasteiger partial charge in [-0.05, 0) is 159 Å². The summed E-state index contributed by atoms with van der Waals surface area (Å²) in [6, 6.07) is 54.3. The first-order chi connectivity index (χ1) is 30.5. The Bertz CT molecular complexity index is 3020. The molecule has 0 unspecified atom stereocenters. The lowest BCUT2D eigenvalue weighted by Crippen LogP contribution is -2.41. The van der Waals surface area contributed by atoms with Crippen LogP contribution in [-0.4, -0.2) is 0 Å². The summed E-state index contributed by atoms with van der Waals surface area (Å²) in [4.78, 5) is 2.48. The van der Waals surface area contributed by atoms with Crippen LogP contribution >= 0.6 is 0 Å². The van der Waals surface area contributed by atoms with Gasteiger partial charge in [-0.3, -0.25) is 0 Å². The van der Waals surface area contributed by atoms with E-state index in [4.69, 9.17) is 11.0 Å². The van der Waals surface area contributed by atoms with Gasteiger partial charge in [0.2, 0.25) is 0 Å². The molecule has 0 aliphatic carbocycles. The zero-order valence-electron chi connectivity index (χ0n) is 38.8. The van der Waals surface area contributed by atoms with Crippen LogP contribution in [0.3, 0.4) is 0 Å². The molecule has 0 amide bonds. The summed E-state index contributed by atoms with van der Waals surface area (Å²) in [5.74, 6) is 0. The first-order valence-electron chi connectivity index (χ1n) is 22.4. The fraction of sp³-hybridized carbons (Fsp3) is 0.180. The van der Waals surface area contributed by atoms with E-state index in [1.54, 1.807) is 0 Å². The molecule has 2 heteroatoms. The van der Waals surface area contributed by atoms with Crippen molar-refractivity contribution in [3.05, 3.63) is 222 Å². The number of anilines is 1. The van der Waals surface area contributed by atoms with Gasteiger partial charge in [0, 0.05) is 27.7 Å². The fourth-order valence-electron chi connectivity index (χ4n) is 9.18. The fourth-order valence-corrected chi connectivity index (χ4v) is 9.18. The molecule has 9 rings (SSSR count). The summed E-state index contributed by atoms with van der Waals surface area (Å²) in [6.07, 6.45) is 8.78. The van der Waals surface area contributed by atoms with Gasteiger partial charge >= 0.3 is 0 Å². The number of allylic oxidation sites excluding steroid dienone is 6. The number of hydrogen-bond donors (Lipinski definition) is 0. The van der Waals surface area contributed by atoms with Crippen molar-refractivity contribution in [1.82, 2.24) is 0 Å². The molecule has 1 aliphatic rings. The highest BCUT2D eigenvalue weighted by Gasteiger charge is 2.35. The predicted molar refractivity (Wildman–Crippen MR) is 275 cm³/mol. The molecule has 8 aromatic rings. The minimum absolute atomic E-state index is 0.377. The highest BCUT2D eigenvalue weighted by atomic mass is 16.3. The molecule has 1 aromatic heterocycles. The molecule has 0 atom stereocenters. The molecule has 0 bridgehead atoms. The van der Waals surface area contributed by atoms with E-state index >= 15 is 0 Å². The van der Waals surface area contributed by atoms with Gasteiger partial charge in [-0.1, -0.05) is 166 Å². The van der Waals surface area contributed by atoms with Gasteiger partial charge < -0.3 is 9.32 Å². The summed E-state index contributed by atoms with van der Waals surface area (Å²) in [5.41, 5.74) is 20.5. The van der Waals surface area contributed by atoms with E-state index in [2.05, 4.69) is 218 Å². The zero-order chi connectivity index (χ0) is 44.8. The topological polar surface area (TPSA) is 16.4 Å². The monoisotopic (exact) mass is 823 g/mol. The highest BCUT2D eigenvalue weighted by Crippen LogP contribution is 2.47. The molecule has 7 aromatic carbocycles. The number of fused-ring (bicyclic) bond motifs is 5. The molecule has 316 valence electrons. The molecule has 2 nitrogen and oxygen atoms in total. The largest absolute Gasteiger partial charge is 0.456 e. The van der Waals surface area contributed by atoms with Gasteiger partial charge in [-0.25, -0.2) is 0 Å². The minimum Gasteiger partial charge on any atom is -0.456 e. The quantitative estimate of drug-likeness (QED) is 0.161. The smallest absolute Gasteiger partial charge is 0.136 e. The maximum atomic E-state index is 6.57. The molecule has 63 heavy (non-hydrogen) atoms. The van der Waals surface area contributed by atoms with E-state index in [1.165, 1.54) is 55.6 Å².